The second kappa shape index (κ2) is 7.41. The first-order valence-corrected chi connectivity index (χ1v) is 10.7. The van der Waals surface area contributed by atoms with Crippen LogP contribution in [0.25, 0.3) is 0 Å². The maximum atomic E-state index is 13.8. The molecule has 4 atom stereocenters. The van der Waals surface area contributed by atoms with Crippen LogP contribution in [0, 0.1) is 11.6 Å². The van der Waals surface area contributed by atoms with Gasteiger partial charge in [-0.05, 0) is 49.6 Å². The maximum Gasteiger partial charge on any atom is 0.257 e. The molecule has 3 fully saturated rings. The number of hydrogen-bond acceptors (Lipinski definition) is 3. The summed E-state index contributed by atoms with van der Waals surface area (Å²) < 4.78 is 33.8. The number of amides is 2. The van der Waals surface area contributed by atoms with Crippen molar-refractivity contribution in [2.75, 3.05) is 6.54 Å². The van der Waals surface area contributed by atoms with Crippen LogP contribution in [-0.4, -0.2) is 46.0 Å². The van der Waals surface area contributed by atoms with E-state index in [1.54, 1.807) is 21.9 Å². The molecule has 162 valence electrons. The minimum absolute atomic E-state index is 0.0537. The van der Waals surface area contributed by atoms with E-state index in [0.29, 0.717) is 43.4 Å². The van der Waals surface area contributed by atoms with E-state index in [4.69, 9.17) is 4.74 Å². The molecule has 5 nitrogen and oxygen atoms in total. The minimum Gasteiger partial charge on any atom is -0.342 e. The van der Waals surface area contributed by atoms with Crippen molar-refractivity contribution in [3.05, 3.63) is 71.3 Å². The molecule has 5 rings (SSSR count). The van der Waals surface area contributed by atoms with Crippen LogP contribution in [0.15, 0.2) is 48.5 Å². The number of benzene rings is 2. The molecular formula is C24H24F2N2O3. The van der Waals surface area contributed by atoms with Gasteiger partial charge in [0.25, 0.3) is 11.8 Å². The lowest BCUT2D eigenvalue weighted by molar-refractivity contribution is -0.144. The van der Waals surface area contributed by atoms with Crippen LogP contribution in [0.2, 0.25) is 0 Å². The third-order valence-corrected chi connectivity index (χ3v) is 6.78. The van der Waals surface area contributed by atoms with Gasteiger partial charge in [-0.2, -0.15) is 0 Å². The van der Waals surface area contributed by atoms with Crippen molar-refractivity contribution in [2.24, 2.45) is 0 Å². The molecule has 2 aromatic rings. The highest BCUT2D eigenvalue weighted by Crippen LogP contribution is 2.48. The van der Waals surface area contributed by atoms with Crippen molar-refractivity contribution in [3.63, 3.8) is 0 Å². The Labute approximate surface area is 179 Å². The number of likely N-dealkylation sites (tertiary alicyclic amines) is 1. The third kappa shape index (κ3) is 3.31. The SMILES string of the molecule is CC1C[C@@]2(CCN1C(=O)c1ccccc1)O[C@@H]1CC[C@@H](c3cc(F)cc(F)c3)N1C2=O. The molecule has 3 heterocycles. The van der Waals surface area contributed by atoms with Gasteiger partial charge in [-0.15, -0.1) is 0 Å². The number of carbonyl (C=O) groups excluding carboxylic acids is 2. The van der Waals surface area contributed by atoms with Gasteiger partial charge >= 0.3 is 0 Å². The summed E-state index contributed by atoms with van der Waals surface area (Å²) >= 11 is 0. The maximum absolute atomic E-state index is 13.8. The summed E-state index contributed by atoms with van der Waals surface area (Å²) in [6, 6.07) is 11.9. The summed E-state index contributed by atoms with van der Waals surface area (Å²) in [5.41, 5.74) is 0.0961. The van der Waals surface area contributed by atoms with E-state index in [9.17, 15) is 18.4 Å². The normalized spacial score (nSPS) is 30.2. The molecule has 0 aromatic heterocycles. The smallest absolute Gasteiger partial charge is 0.257 e. The van der Waals surface area contributed by atoms with Crippen LogP contribution in [0.4, 0.5) is 8.78 Å². The van der Waals surface area contributed by atoms with Gasteiger partial charge in [0.2, 0.25) is 0 Å². The number of piperidine rings is 1. The molecule has 1 unspecified atom stereocenters. The molecule has 3 aliphatic rings. The fraction of sp³-hybridized carbons (Fsp3) is 0.417. The first kappa shape index (κ1) is 20.1. The quantitative estimate of drug-likeness (QED) is 0.728. The van der Waals surface area contributed by atoms with E-state index in [1.807, 2.05) is 25.1 Å². The number of rotatable bonds is 2. The molecule has 7 heteroatoms. The average Bonchev–Trinajstić information content (AvgIpc) is 3.26. The second-order valence-corrected chi connectivity index (χ2v) is 8.74. The van der Waals surface area contributed by atoms with E-state index >= 15 is 0 Å². The standard InChI is InChI=1S/C24H24F2N2O3/c1-15-14-24(9-10-27(15)22(29)16-5-3-2-4-6-16)23(30)28-20(7-8-21(28)31-24)17-11-18(25)13-19(26)12-17/h2-6,11-13,15,20-21H,7-10,14H2,1H3/t15?,20-,21+,24+/m0/s1. The highest BCUT2D eigenvalue weighted by Gasteiger charge is 2.59. The van der Waals surface area contributed by atoms with E-state index in [0.717, 1.165) is 6.07 Å². The zero-order valence-corrected chi connectivity index (χ0v) is 17.3. The van der Waals surface area contributed by atoms with Crippen LogP contribution >= 0.6 is 0 Å². The highest BCUT2D eigenvalue weighted by molar-refractivity contribution is 5.95. The van der Waals surface area contributed by atoms with Gasteiger partial charge in [0.1, 0.15) is 17.9 Å². The van der Waals surface area contributed by atoms with Gasteiger partial charge in [-0.25, -0.2) is 8.78 Å². The molecule has 2 aromatic carbocycles. The van der Waals surface area contributed by atoms with Crippen molar-refractivity contribution in [1.82, 2.24) is 9.80 Å². The summed E-state index contributed by atoms with van der Waals surface area (Å²) in [6.45, 7) is 2.35. The van der Waals surface area contributed by atoms with Gasteiger partial charge in [0.05, 0.1) is 6.04 Å². The van der Waals surface area contributed by atoms with E-state index < -0.39 is 29.5 Å². The molecule has 0 saturated carbocycles. The Bertz CT molecular complexity index is 1010. The van der Waals surface area contributed by atoms with Crippen LogP contribution in [0.3, 0.4) is 0 Å². The van der Waals surface area contributed by atoms with E-state index in [2.05, 4.69) is 0 Å². The predicted octanol–water partition coefficient (Wildman–Crippen LogP) is 4.05. The predicted molar refractivity (Wildman–Crippen MR) is 109 cm³/mol. The Morgan fingerprint density at radius 3 is 2.48 bits per heavy atom. The van der Waals surface area contributed by atoms with Gasteiger partial charge in [-0.1, -0.05) is 18.2 Å². The summed E-state index contributed by atoms with van der Waals surface area (Å²) in [5.74, 6) is -1.49. The van der Waals surface area contributed by atoms with Crippen LogP contribution in [0.5, 0.6) is 0 Å². The number of carbonyl (C=O) groups is 2. The first-order chi connectivity index (χ1) is 14.9. The molecule has 3 saturated heterocycles. The number of halogens is 2. The van der Waals surface area contributed by atoms with Crippen molar-refractivity contribution in [3.8, 4) is 0 Å². The Morgan fingerprint density at radius 1 is 1.10 bits per heavy atom. The van der Waals surface area contributed by atoms with Gasteiger partial charge in [-0.3, -0.25) is 9.59 Å². The fourth-order valence-corrected chi connectivity index (χ4v) is 5.37. The number of nitrogens with zero attached hydrogens (tertiary/aromatic N) is 2. The summed E-state index contributed by atoms with van der Waals surface area (Å²) in [6.07, 6.45) is 1.64. The molecule has 1 spiro atoms. The van der Waals surface area contributed by atoms with Crippen LogP contribution in [0.1, 0.15) is 54.6 Å². The van der Waals surface area contributed by atoms with E-state index in [1.165, 1.54) is 12.1 Å². The Balaban J connectivity index is 1.36. The lowest BCUT2D eigenvalue weighted by atomic mass is 9.85. The van der Waals surface area contributed by atoms with E-state index in [-0.39, 0.29) is 17.9 Å². The molecule has 31 heavy (non-hydrogen) atoms. The average molecular weight is 426 g/mol. The molecular weight excluding hydrogens is 402 g/mol. The Hall–Kier alpha value is -2.80. The van der Waals surface area contributed by atoms with Gasteiger partial charge in [0, 0.05) is 37.1 Å². The Morgan fingerprint density at radius 2 is 1.81 bits per heavy atom. The highest BCUT2D eigenvalue weighted by atomic mass is 19.1. The van der Waals surface area contributed by atoms with Crippen molar-refractivity contribution < 1.29 is 23.1 Å². The zero-order valence-electron chi connectivity index (χ0n) is 17.3. The van der Waals surface area contributed by atoms with Crippen molar-refractivity contribution >= 4 is 11.8 Å². The minimum atomic E-state index is -0.984. The number of ether oxygens (including phenoxy) is 1. The van der Waals surface area contributed by atoms with Gasteiger partial charge in [0.15, 0.2) is 5.60 Å². The number of hydrogen-bond donors (Lipinski definition) is 0. The lowest BCUT2D eigenvalue weighted by Gasteiger charge is -2.42. The third-order valence-electron chi connectivity index (χ3n) is 6.78. The molecule has 2 amide bonds. The molecule has 0 radical (unpaired) electrons. The summed E-state index contributed by atoms with van der Waals surface area (Å²) in [4.78, 5) is 29.9. The summed E-state index contributed by atoms with van der Waals surface area (Å²) in [7, 11) is 0. The Kier molecular flexibility index (Phi) is 4.81. The number of fused-ring (bicyclic) bond motifs is 1. The second-order valence-electron chi connectivity index (χ2n) is 8.74. The molecule has 0 aliphatic carbocycles. The van der Waals surface area contributed by atoms with Crippen LogP contribution in [-0.2, 0) is 9.53 Å². The molecule has 3 aliphatic heterocycles. The largest absolute Gasteiger partial charge is 0.342 e. The topological polar surface area (TPSA) is 49.9 Å². The van der Waals surface area contributed by atoms with Crippen molar-refractivity contribution in [1.29, 1.82) is 0 Å². The first-order valence-electron chi connectivity index (χ1n) is 10.7. The van der Waals surface area contributed by atoms with Gasteiger partial charge < -0.3 is 14.5 Å². The van der Waals surface area contributed by atoms with Crippen LogP contribution < -0.4 is 0 Å². The monoisotopic (exact) mass is 426 g/mol. The summed E-state index contributed by atoms with van der Waals surface area (Å²) in [5, 5.41) is 0. The molecule has 0 N–H and O–H groups in total. The lowest BCUT2D eigenvalue weighted by Crippen LogP contribution is -2.55. The zero-order chi connectivity index (χ0) is 21.8. The molecule has 0 bridgehead atoms. The fourth-order valence-electron chi connectivity index (χ4n) is 5.37. The van der Waals surface area contributed by atoms with Crippen molar-refractivity contribution in [2.45, 2.75) is 56.5 Å².